The molecule has 0 saturated carbocycles. The number of fused-ring (bicyclic) bond motifs is 1. The van der Waals surface area contributed by atoms with Gasteiger partial charge in [-0.15, -0.1) is 0 Å². The first kappa shape index (κ1) is 15.1. The van der Waals surface area contributed by atoms with Crippen molar-refractivity contribution in [2.24, 2.45) is 5.73 Å². The van der Waals surface area contributed by atoms with Gasteiger partial charge < -0.3 is 15.2 Å². The van der Waals surface area contributed by atoms with E-state index >= 15 is 0 Å². The first-order valence-electron chi connectivity index (χ1n) is 8.41. The zero-order valence-electron chi connectivity index (χ0n) is 13.5. The number of benzene rings is 2. The molecule has 3 aromatic rings. The molecule has 1 aliphatic heterocycles. The van der Waals surface area contributed by atoms with Crippen molar-refractivity contribution in [3.05, 3.63) is 59.9 Å². The second-order valence-electron chi connectivity index (χ2n) is 6.44. The number of hydrogen-bond acceptors (Lipinski definition) is 3. The second kappa shape index (κ2) is 6.24. The van der Waals surface area contributed by atoms with Crippen molar-refractivity contribution in [1.82, 2.24) is 9.55 Å². The van der Waals surface area contributed by atoms with E-state index < -0.39 is 0 Å². The molecule has 2 aromatic carbocycles. The molecule has 0 bridgehead atoms. The Morgan fingerprint density at radius 1 is 1.04 bits per heavy atom. The van der Waals surface area contributed by atoms with Crippen molar-refractivity contribution in [3.63, 3.8) is 0 Å². The molecule has 0 radical (unpaired) electrons. The predicted molar refractivity (Wildman–Crippen MR) is 94.7 cm³/mol. The minimum Gasteiger partial charge on any atom is -0.342 e. The number of rotatable bonds is 3. The lowest BCUT2D eigenvalue weighted by Crippen LogP contribution is -2.40. The van der Waals surface area contributed by atoms with Gasteiger partial charge in [-0.05, 0) is 42.7 Å². The minimum absolute atomic E-state index is 0.209. The van der Waals surface area contributed by atoms with Gasteiger partial charge in [0.25, 0.3) is 0 Å². The van der Waals surface area contributed by atoms with Crippen LogP contribution >= 0.6 is 0 Å². The average molecular weight is 324 g/mol. The summed E-state index contributed by atoms with van der Waals surface area (Å²) in [6.07, 6.45) is 1.97. The molecule has 2 heterocycles. The number of piperidine rings is 1. The van der Waals surface area contributed by atoms with Crippen molar-refractivity contribution < 1.29 is 4.39 Å². The molecule has 4 nitrogen and oxygen atoms in total. The molecule has 0 unspecified atom stereocenters. The predicted octanol–water partition coefficient (Wildman–Crippen LogP) is 3.15. The lowest BCUT2D eigenvalue weighted by Gasteiger charge is -2.31. The fraction of sp³-hybridized carbons (Fsp3) is 0.316. The number of halogens is 1. The summed E-state index contributed by atoms with van der Waals surface area (Å²) < 4.78 is 15.4. The van der Waals surface area contributed by atoms with E-state index in [1.165, 1.54) is 12.1 Å². The van der Waals surface area contributed by atoms with Crippen molar-refractivity contribution in [2.45, 2.75) is 25.4 Å². The molecule has 0 amide bonds. The van der Waals surface area contributed by atoms with E-state index in [2.05, 4.69) is 15.5 Å². The van der Waals surface area contributed by atoms with Crippen LogP contribution in [0.2, 0.25) is 0 Å². The van der Waals surface area contributed by atoms with Gasteiger partial charge in [0.1, 0.15) is 5.82 Å². The van der Waals surface area contributed by atoms with Gasteiger partial charge in [0.05, 0.1) is 17.6 Å². The molecule has 5 heteroatoms. The zero-order valence-corrected chi connectivity index (χ0v) is 13.5. The normalized spacial score (nSPS) is 16.0. The molecule has 1 aromatic heterocycles. The number of imidazole rings is 1. The highest BCUT2D eigenvalue weighted by Gasteiger charge is 2.22. The van der Waals surface area contributed by atoms with Gasteiger partial charge in [-0.1, -0.05) is 24.3 Å². The van der Waals surface area contributed by atoms with Gasteiger partial charge in [-0.3, -0.25) is 0 Å². The smallest absolute Gasteiger partial charge is 0.206 e. The molecule has 0 spiro atoms. The van der Waals surface area contributed by atoms with E-state index in [4.69, 9.17) is 10.7 Å². The SMILES string of the molecule is NC1CCN(c2nc3ccccc3n2Cc2ccc(F)cc2)CC1. The van der Waals surface area contributed by atoms with Crippen LogP contribution in [0.3, 0.4) is 0 Å². The molecule has 0 atom stereocenters. The number of para-hydroxylation sites is 2. The van der Waals surface area contributed by atoms with E-state index in [9.17, 15) is 4.39 Å². The van der Waals surface area contributed by atoms with Crippen LogP contribution in [0.25, 0.3) is 11.0 Å². The molecule has 2 N–H and O–H groups in total. The van der Waals surface area contributed by atoms with Crippen molar-refractivity contribution in [1.29, 1.82) is 0 Å². The Bertz CT molecular complexity index is 832. The summed E-state index contributed by atoms with van der Waals surface area (Å²) >= 11 is 0. The third-order valence-electron chi connectivity index (χ3n) is 4.71. The van der Waals surface area contributed by atoms with Crippen LogP contribution in [-0.4, -0.2) is 28.7 Å². The molecule has 1 aliphatic rings. The first-order valence-corrected chi connectivity index (χ1v) is 8.41. The van der Waals surface area contributed by atoms with Gasteiger partial charge in [-0.25, -0.2) is 9.37 Å². The van der Waals surface area contributed by atoms with Gasteiger partial charge in [0, 0.05) is 19.1 Å². The van der Waals surface area contributed by atoms with Crippen molar-refractivity contribution >= 4 is 17.0 Å². The van der Waals surface area contributed by atoms with Gasteiger partial charge in [0.2, 0.25) is 5.95 Å². The highest BCUT2D eigenvalue weighted by atomic mass is 19.1. The molecule has 1 saturated heterocycles. The monoisotopic (exact) mass is 324 g/mol. The Morgan fingerprint density at radius 2 is 1.75 bits per heavy atom. The Hall–Kier alpha value is -2.40. The summed E-state index contributed by atoms with van der Waals surface area (Å²) in [6.45, 7) is 2.53. The van der Waals surface area contributed by atoms with E-state index in [1.807, 2.05) is 30.3 Å². The highest BCUT2D eigenvalue weighted by molar-refractivity contribution is 5.79. The summed E-state index contributed by atoms with van der Waals surface area (Å²) in [7, 11) is 0. The maximum atomic E-state index is 13.2. The topological polar surface area (TPSA) is 47.1 Å². The maximum absolute atomic E-state index is 13.2. The van der Waals surface area contributed by atoms with Crippen LogP contribution in [0.5, 0.6) is 0 Å². The van der Waals surface area contributed by atoms with Gasteiger partial charge >= 0.3 is 0 Å². The molecular weight excluding hydrogens is 303 g/mol. The van der Waals surface area contributed by atoms with Crippen LogP contribution in [0.15, 0.2) is 48.5 Å². The lowest BCUT2D eigenvalue weighted by molar-refractivity contribution is 0.491. The average Bonchev–Trinajstić information content (AvgIpc) is 2.96. The number of nitrogens with two attached hydrogens (primary N) is 1. The Kier molecular flexibility index (Phi) is 3.94. The van der Waals surface area contributed by atoms with Crippen molar-refractivity contribution in [3.8, 4) is 0 Å². The number of anilines is 1. The summed E-state index contributed by atoms with van der Waals surface area (Å²) in [5.74, 6) is 0.770. The zero-order chi connectivity index (χ0) is 16.5. The fourth-order valence-electron chi connectivity index (χ4n) is 3.33. The summed E-state index contributed by atoms with van der Waals surface area (Å²) in [5, 5.41) is 0. The Labute approximate surface area is 140 Å². The van der Waals surface area contributed by atoms with Crippen LogP contribution in [0, 0.1) is 5.82 Å². The Balaban J connectivity index is 1.74. The van der Waals surface area contributed by atoms with Gasteiger partial charge in [0.15, 0.2) is 0 Å². The molecule has 4 rings (SSSR count). The number of hydrogen-bond donors (Lipinski definition) is 1. The largest absolute Gasteiger partial charge is 0.342 e. The van der Waals surface area contributed by atoms with E-state index in [0.717, 1.165) is 48.5 Å². The van der Waals surface area contributed by atoms with Crippen molar-refractivity contribution in [2.75, 3.05) is 18.0 Å². The minimum atomic E-state index is -0.209. The second-order valence-corrected chi connectivity index (χ2v) is 6.44. The van der Waals surface area contributed by atoms with Crippen LogP contribution in [0.1, 0.15) is 18.4 Å². The maximum Gasteiger partial charge on any atom is 0.206 e. The lowest BCUT2D eigenvalue weighted by atomic mass is 10.1. The molecule has 24 heavy (non-hydrogen) atoms. The highest BCUT2D eigenvalue weighted by Crippen LogP contribution is 2.26. The fourth-order valence-corrected chi connectivity index (χ4v) is 3.33. The molecular formula is C19H21FN4. The Morgan fingerprint density at radius 3 is 2.50 bits per heavy atom. The van der Waals surface area contributed by atoms with Crippen LogP contribution in [0.4, 0.5) is 10.3 Å². The number of nitrogens with zero attached hydrogens (tertiary/aromatic N) is 3. The molecule has 124 valence electrons. The van der Waals surface area contributed by atoms with Gasteiger partial charge in [-0.2, -0.15) is 0 Å². The van der Waals surface area contributed by atoms with E-state index in [-0.39, 0.29) is 11.9 Å². The third kappa shape index (κ3) is 2.87. The molecule has 1 fully saturated rings. The standard InChI is InChI=1S/C19H21FN4/c20-15-7-5-14(6-8-15)13-24-18-4-2-1-3-17(18)22-19(24)23-11-9-16(21)10-12-23/h1-8,16H,9-13,21H2. The summed E-state index contributed by atoms with van der Waals surface area (Å²) in [6, 6.07) is 15.1. The first-order chi connectivity index (χ1) is 11.7. The number of aromatic nitrogens is 2. The summed E-state index contributed by atoms with van der Waals surface area (Å²) in [4.78, 5) is 7.16. The summed E-state index contributed by atoms with van der Waals surface area (Å²) in [5.41, 5.74) is 9.19. The van der Waals surface area contributed by atoms with Crippen LogP contribution in [-0.2, 0) is 6.54 Å². The van der Waals surface area contributed by atoms with E-state index in [0.29, 0.717) is 6.54 Å². The van der Waals surface area contributed by atoms with Crippen LogP contribution < -0.4 is 10.6 Å². The third-order valence-corrected chi connectivity index (χ3v) is 4.71. The van der Waals surface area contributed by atoms with E-state index in [1.54, 1.807) is 0 Å². The quantitative estimate of drug-likeness (QED) is 0.805. The molecule has 0 aliphatic carbocycles.